The quantitative estimate of drug-likeness (QED) is 0.714. The van der Waals surface area contributed by atoms with Crippen molar-refractivity contribution < 1.29 is 14.0 Å². The second-order valence-corrected chi connectivity index (χ2v) is 7.15. The summed E-state index contributed by atoms with van der Waals surface area (Å²) in [6.07, 6.45) is 0.510. The van der Waals surface area contributed by atoms with Gasteiger partial charge in [0.2, 0.25) is 11.8 Å². The summed E-state index contributed by atoms with van der Waals surface area (Å²) in [4.78, 5) is 26.7. The highest BCUT2D eigenvalue weighted by atomic mass is 32.2. The Labute approximate surface area is 164 Å². The number of nitrogens with one attached hydrogen (secondary N) is 1. The van der Waals surface area contributed by atoms with Gasteiger partial charge < -0.3 is 10.2 Å². The minimum Gasteiger partial charge on any atom is -0.357 e. The lowest BCUT2D eigenvalue weighted by Gasteiger charge is -2.30. The maximum atomic E-state index is 13.2. The summed E-state index contributed by atoms with van der Waals surface area (Å²) in [5.74, 6) is 0.391. The minimum absolute atomic E-state index is 0.101. The molecule has 0 aliphatic heterocycles. The molecule has 144 valence electrons. The van der Waals surface area contributed by atoms with Crippen molar-refractivity contribution in [3.8, 4) is 0 Å². The Balaban J connectivity index is 2.08. The van der Waals surface area contributed by atoms with Gasteiger partial charge in [0, 0.05) is 19.3 Å². The van der Waals surface area contributed by atoms with Crippen molar-refractivity contribution >= 4 is 23.6 Å². The van der Waals surface area contributed by atoms with Crippen LogP contribution in [0.5, 0.6) is 0 Å². The van der Waals surface area contributed by atoms with E-state index < -0.39 is 6.04 Å². The van der Waals surface area contributed by atoms with Gasteiger partial charge in [-0.2, -0.15) is 0 Å². The molecule has 0 heterocycles. The Morgan fingerprint density at radius 3 is 2.33 bits per heavy atom. The Morgan fingerprint density at radius 1 is 1.07 bits per heavy atom. The van der Waals surface area contributed by atoms with Crippen LogP contribution in [0.1, 0.15) is 24.5 Å². The summed E-state index contributed by atoms with van der Waals surface area (Å²) in [5.41, 5.74) is 1.94. The second-order valence-electron chi connectivity index (χ2n) is 6.16. The van der Waals surface area contributed by atoms with Crippen LogP contribution in [0.15, 0.2) is 54.6 Å². The summed E-state index contributed by atoms with van der Waals surface area (Å²) in [6, 6.07) is 15.4. The van der Waals surface area contributed by atoms with E-state index in [1.165, 1.54) is 23.9 Å². The number of likely N-dealkylation sites (N-methyl/N-ethyl adjacent to an activating group) is 1. The molecule has 0 saturated carbocycles. The Hall–Kier alpha value is -2.34. The number of hydrogen-bond acceptors (Lipinski definition) is 3. The van der Waals surface area contributed by atoms with Crippen LogP contribution in [0.2, 0.25) is 0 Å². The van der Waals surface area contributed by atoms with Crippen LogP contribution in [-0.4, -0.2) is 35.6 Å². The van der Waals surface area contributed by atoms with Gasteiger partial charge in [0.05, 0.1) is 5.75 Å². The number of halogens is 1. The zero-order valence-electron chi connectivity index (χ0n) is 15.7. The average molecular weight is 389 g/mol. The van der Waals surface area contributed by atoms with Crippen molar-refractivity contribution in [1.82, 2.24) is 10.2 Å². The molecule has 0 fully saturated rings. The first-order valence-electron chi connectivity index (χ1n) is 8.92. The highest BCUT2D eigenvalue weighted by Gasteiger charge is 2.27. The van der Waals surface area contributed by atoms with Gasteiger partial charge in [-0.3, -0.25) is 9.59 Å². The van der Waals surface area contributed by atoms with E-state index in [0.29, 0.717) is 6.42 Å². The maximum Gasteiger partial charge on any atom is 0.242 e. The normalized spacial score (nSPS) is 11.7. The van der Waals surface area contributed by atoms with Gasteiger partial charge in [-0.1, -0.05) is 49.4 Å². The summed E-state index contributed by atoms with van der Waals surface area (Å²) >= 11 is 1.52. The molecule has 27 heavy (non-hydrogen) atoms. The SMILES string of the molecule is CC[C@@H](C(=O)NC)N(Cc1ccc(F)cc1)C(=O)CSCc1ccccc1. The lowest BCUT2D eigenvalue weighted by molar-refractivity contribution is -0.139. The van der Waals surface area contributed by atoms with Crippen LogP contribution < -0.4 is 5.32 Å². The van der Waals surface area contributed by atoms with E-state index >= 15 is 0 Å². The minimum atomic E-state index is -0.551. The molecule has 4 nitrogen and oxygen atoms in total. The van der Waals surface area contributed by atoms with E-state index in [1.807, 2.05) is 37.3 Å². The molecule has 2 rings (SSSR count). The van der Waals surface area contributed by atoms with Gasteiger partial charge in [-0.05, 0) is 29.7 Å². The highest BCUT2D eigenvalue weighted by Crippen LogP contribution is 2.17. The molecule has 0 aliphatic carbocycles. The predicted molar refractivity (Wildman–Crippen MR) is 108 cm³/mol. The van der Waals surface area contributed by atoms with Crippen LogP contribution in [0.4, 0.5) is 4.39 Å². The number of amides is 2. The van der Waals surface area contributed by atoms with Crippen molar-refractivity contribution in [1.29, 1.82) is 0 Å². The van der Waals surface area contributed by atoms with E-state index in [1.54, 1.807) is 24.1 Å². The zero-order valence-corrected chi connectivity index (χ0v) is 16.5. The van der Waals surface area contributed by atoms with Gasteiger partial charge in [0.15, 0.2) is 0 Å². The first-order chi connectivity index (χ1) is 13.0. The molecule has 1 atom stereocenters. The maximum absolute atomic E-state index is 13.2. The van der Waals surface area contributed by atoms with E-state index in [2.05, 4.69) is 5.32 Å². The van der Waals surface area contributed by atoms with Crippen molar-refractivity contribution in [3.05, 3.63) is 71.5 Å². The van der Waals surface area contributed by atoms with Crippen molar-refractivity contribution in [2.24, 2.45) is 0 Å². The molecule has 0 aliphatic rings. The standard InChI is InChI=1S/C21H25FN2O2S/c1-3-19(21(26)23-2)24(13-16-9-11-18(22)12-10-16)20(25)15-27-14-17-7-5-4-6-8-17/h4-12,19H,3,13-15H2,1-2H3,(H,23,26)/t19-/m0/s1. The number of rotatable bonds is 9. The zero-order chi connectivity index (χ0) is 19.6. The van der Waals surface area contributed by atoms with E-state index in [9.17, 15) is 14.0 Å². The Bertz CT molecular complexity index is 738. The van der Waals surface area contributed by atoms with Gasteiger partial charge in [0.1, 0.15) is 11.9 Å². The van der Waals surface area contributed by atoms with E-state index in [4.69, 9.17) is 0 Å². The molecule has 0 unspecified atom stereocenters. The molecule has 2 aromatic rings. The third kappa shape index (κ3) is 6.40. The van der Waals surface area contributed by atoms with E-state index in [0.717, 1.165) is 16.9 Å². The molecule has 6 heteroatoms. The number of benzene rings is 2. The van der Waals surface area contributed by atoms with Gasteiger partial charge >= 0.3 is 0 Å². The summed E-state index contributed by atoms with van der Waals surface area (Å²) in [6.45, 7) is 2.15. The van der Waals surface area contributed by atoms with Crippen LogP contribution >= 0.6 is 11.8 Å². The lowest BCUT2D eigenvalue weighted by Crippen LogP contribution is -2.48. The molecular formula is C21H25FN2O2S. The monoisotopic (exact) mass is 388 g/mol. The predicted octanol–water partition coefficient (Wildman–Crippen LogP) is 3.61. The Kier molecular flexibility index (Phi) is 8.33. The fourth-order valence-electron chi connectivity index (χ4n) is 2.79. The van der Waals surface area contributed by atoms with Crippen LogP contribution in [0, 0.1) is 5.82 Å². The number of carbonyl (C=O) groups excluding carboxylic acids is 2. The molecule has 1 N–H and O–H groups in total. The molecule has 2 amide bonds. The van der Waals surface area contributed by atoms with Crippen molar-refractivity contribution in [2.75, 3.05) is 12.8 Å². The summed E-state index contributed by atoms with van der Waals surface area (Å²) in [7, 11) is 1.57. The molecule has 0 bridgehead atoms. The second kappa shape index (κ2) is 10.7. The molecule has 0 saturated heterocycles. The smallest absolute Gasteiger partial charge is 0.242 e. The first-order valence-corrected chi connectivity index (χ1v) is 10.1. The van der Waals surface area contributed by atoms with E-state index in [-0.39, 0.29) is 29.9 Å². The van der Waals surface area contributed by atoms with Gasteiger partial charge in [0.25, 0.3) is 0 Å². The molecule has 0 spiro atoms. The van der Waals surface area contributed by atoms with Gasteiger partial charge in [-0.15, -0.1) is 11.8 Å². The van der Waals surface area contributed by atoms with Crippen molar-refractivity contribution in [3.63, 3.8) is 0 Å². The fourth-order valence-corrected chi connectivity index (χ4v) is 3.66. The van der Waals surface area contributed by atoms with Gasteiger partial charge in [-0.25, -0.2) is 4.39 Å². The summed E-state index contributed by atoms with van der Waals surface area (Å²) < 4.78 is 13.2. The average Bonchev–Trinajstić information content (AvgIpc) is 2.69. The number of hydrogen-bond donors (Lipinski definition) is 1. The first kappa shape index (κ1) is 21.0. The molecule has 0 aromatic heterocycles. The van der Waals surface area contributed by atoms with Crippen molar-refractivity contribution in [2.45, 2.75) is 31.7 Å². The number of thioether (sulfide) groups is 1. The molecule has 0 radical (unpaired) electrons. The largest absolute Gasteiger partial charge is 0.357 e. The third-order valence-electron chi connectivity index (χ3n) is 4.24. The number of carbonyl (C=O) groups is 2. The summed E-state index contributed by atoms with van der Waals surface area (Å²) in [5, 5.41) is 2.63. The Morgan fingerprint density at radius 2 is 1.74 bits per heavy atom. The van der Waals surface area contributed by atoms with Crippen LogP contribution in [-0.2, 0) is 21.9 Å². The molecular weight excluding hydrogens is 363 g/mol. The van der Waals surface area contributed by atoms with Crippen LogP contribution in [0.3, 0.4) is 0 Å². The topological polar surface area (TPSA) is 49.4 Å². The molecule has 2 aromatic carbocycles. The lowest BCUT2D eigenvalue weighted by atomic mass is 10.1. The third-order valence-corrected chi connectivity index (χ3v) is 5.22. The number of nitrogens with zero attached hydrogens (tertiary/aromatic N) is 1. The highest BCUT2D eigenvalue weighted by molar-refractivity contribution is 7.99. The fraction of sp³-hybridized carbons (Fsp3) is 0.333. The van der Waals surface area contributed by atoms with Crippen LogP contribution in [0.25, 0.3) is 0 Å².